The van der Waals surface area contributed by atoms with Gasteiger partial charge in [-0.3, -0.25) is 4.90 Å². The van der Waals surface area contributed by atoms with E-state index in [4.69, 9.17) is 15.2 Å². The van der Waals surface area contributed by atoms with Crippen molar-refractivity contribution in [1.29, 1.82) is 0 Å². The van der Waals surface area contributed by atoms with Gasteiger partial charge in [0.15, 0.2) is 0 Å². The molecular formula is C13H26N2O2. The van der Waals surface area contributed by atoms with E-state index in [1.54, 1.807) is 0 Å². The largest absolute Gasteiger partial charge is 0.377 e. The van der Waals surface area contributed by atoms with Crippen LogP contribution in [0.3, 0.4) is 0 Å². The Bertz CT molecular complexity index is 225. The van der Waals surface area contributed by atoms with Gasteiger partial charge in [-0.2, -0.15) is 0 Å². The van der Waals surface area contributed by atoms with Gasteiger partial charge in [0.2, 0.25) is 0 Å². The molecule has 2 aliphatic rings. The first-order chi connectivity index (χ1) is 8.35. The molecule has 0 amide bonds. The molecule has 0 spiro atoms. The third-order valence-corrected chi connectivity index (χ3v) is 4.00. The summed E-state index contributed by atoms with van der Waals surface area (Å²) in [7, 11) is 0. The van der Waals surface area contributed by atoms with Crippen molar-refractivity contribution in [3.63, 3.8) is 0 Å². The molecule has 1 saturated carbocycles. The molecule has 1 aliphatic carbocycles. The molecule has 1 aliphatic heterocycles. The summed E-state index contributed by atoms with van der Waals surface area (Å²) in [5, 5.41) is 0. The average molecular weight is 242 g/mol. The average Bonchev–Trinajstić information content (AvgIpc) is 2.83. The summed E-state index contributed by atoms with van der Waals surface area (Å²) < 4.78 is 11.4. The fourth-order valence-corrected chi connectivity index (χ4v) is 3.10. The zero-order valence-corrected chi connectivity index (χ0v) is 10.9. The molecule has 4 nitrogen and oxygen atoms in total. The third kappa shape index (κ3) is 3.41. The van der Waals surface area contributed by atoms with Crippen molar-refractivity contribution in [2.75, 3.05) is 32.8 Å². The van der Waals surface area contributed by atoms with Gasteiger partial charge in [-0.1, -0.05) is 0 Å². The minimum absolute atomic E-state index is 0.225. The lowest BCUT2D eigenvalue weighted by molar-refractivity contribution is -0.0605. The molecule has 2 fully saturated rings. The lowest BCUT2D eigenvalue weighted by Crippen LogP contribution is -2.49. The second-order valence-corrected chi connectivity index (χ2v) is 5.05. The topological polar surface area (TPSA) is 47.7 Å². The van der Waals surface area contributed by atoms with Crippen LogP contribution in [-0.4, -0.2) is 56.0 Å². The van der Waals surface area contributed by atoms with Gasteiger partial charge in [0, 0.05) is 32.3 Å². The molecule has 0 aromatic heterocycles. The molecule has 1 heterocycles. The Morgan fingerprint density at radius 3 is 3.12 bits per heavy atom. The predicted molar refractivity (Wildman–Crippen MR) is 68.0 cm³/mol. The maximum atomic E-state index is 5.82. The normalized spacial score (nSPS) is 31.4. The van der Waals surface area contributed by atoms with Gasteiger partial charge >= 0.3 is 0 Å². The smallest absolute Gasteiger partial charge is 0.0730 e. The summed E-state index contributed by atoms with van der Waals surface area (Å²) >= 11 is 0. The van der Waals surface area contributed by atoms with Gasteiger partial charge < -0.3 is 15.2 Å². The van der Waals surface area contributed by atoms with E-state index in [0.29, 0.717) is 18.7 Å². The Balaban J connectivity index is 1.77. The summed E-state index contributed by atoms with van der Waals surface area (Å²) in [6, 6.07) is 0.656. The number of morpholine rings is 1. The van der Waals surface area contributed by atoms with Crippen molar-refractivity contribution >= 4 is 0 Å². The van der Waals surface area contributed by atoms with Gasteiger partial charge in [-0.15, -0.1) is 0 Å². The van der Waals surface area contributed by atoms with Crippen molar-refractivity contribution in [2.45, 2.75) is 50.9 Å². The quantitative estimate of drug-likeness (QED) is 0.754. The fraction of sp³-hybridized carbons (Fsp3) is 1.00. The van der Waals surface area contributed by atoms with Crippen LogP contribution < -0.4 is 5.73 Å². The summed E-state index contributed by atoms with van der Waals surface area (Å²) in [6.45, 7) is 6.49. The second kappa shape index (κ2) is 6.69. The van der Waals surface area contributed by atoms with E-state index in [2.05, 4.69) is 4.90 Å². The molecule has 3 atom stereocenters. The summed E-state index contributed by atoms with van der Waals surface area (Å²) in [6.07, 6.45) is 5.62. The van der Waals surface area contributed by atoms with Crippen LogP contribution in [0.25, 0.3) is 0 Å². The molecular weight excluding hydrogens is 216 g/mol. The fourth-order valence-electron chi connectivity index (χ4n) is 3.10. The minimum Gasteiger partial charge on any atom is -0.377 e. The first-order valence-electron chi connectivity index (χ1n) is 7.02. The van der Waals surface area contributed by atoms with Crippen LogP contribution in [0, 0.1) is 0 Å². The number of hydrogen-bond donors (Lipinski definition) is 1. The second-order valence-electron chi connectivity index (χ2n) is 5.05. The van der Waals surface area contributed by atoms with E-state index in [1.165, 1.54) is 19.3 Å². The van der Waals surface area contributed by atoms with Crippen molar-refractivity contribution in [3.8, 4) is 0 Å². The molecule has 2 rings (SSSR count). The molecule has 1 saturated heterocycles. The Hall–Kier alpha value is -0.160. The first-order valence-corrected chi connectivity index (χ1v) is 7.02. The molecule has 0 aromatic rings. The van der Waals surface area contributed by atoms with E-state index in [-0.39, 0.29) is 6.10 Å². The number of fused-ring (bicyclic) bond motifs is 1. The summed E-state index contributed by atoms with van der Waals surface area (Å²) in [5.74, 6) is 0. The van der Waals surface area contributed by atoms with Crippen LogP contribution in [0.4, 0.5) is 0 Å². The van der Waals surface area contributed by atoms with Crippen molar-refractivity contribution in [1.82, 2.24) is 4.90 Å². The maximum absolute atomic E-state index is 5.82. The standard InChI is InChI=1S/C13H26N2O2/c1-2-16-11(10-14)6-7-15-8-9-17-13-5-3-4-12(13)15/h11-13H,2-10,14H2,1H3. The van der Waals surface area contributed by atoms with Gasteiger partial charge in [0.05, 0.1) is 18.8 Å². The van der Waals surface area contributed by atoms with Crippen molar-refractivity contribution < 1.29 is 9.47 Å². The van der Waals surface area contributed by atoms with E-state index < -0.39 is 0 Å². The first kappa shape index (κ1) is 13.3. The van der Waals surface area contributed by atoms with Gasteiger partial charge in [0.1, 0.15) is 0 Å². The minimum atomic E-state index is 0.225. The van der Waals surface area contributed by atoms with Crippen molar-refractivity contribution in [2.24, 2.45) is 5.73 Å². The van der Waals surface area contributed by atoms with E-state index >= 15 is 0 Å². The Morgan fingerprint density at radius 2 is 2.35 bits per heavy atom. The molecule has 0 aromatic carbocycles. The molecule has 4 heteroatoms. The van der Waals surface area contributed by atoms with Gasteiger partial charge in [-0.05, 0) is 32.6 Å². The maximum Gasteiger partial charge on any atom is 0.0730 e. The van der Waals surface area contributed by atoms with E-state index in [1.807, 2.05) is 6.92 Å². The van der Waals surface area contributed by atoms with Crippen LogP contribution >= 0.6 is 0 Å². The van der Waals surface area contributed by atoms with Gasteiger partial charge in [0.25, 0.3) is 0 Å². The van der Waals surface area contributed by atoms with Crippen LogP contribution in [0.1, 0.15) is 32.6 Å². The van der Waals surface area contributed by atoms with Gasteiger partial charge in [-0.25, -0.2) is 0 Å². The molecule has 17 heavy (non-hydrogen) atoms. The highest BCUT2D eigenvalue weighted by atomic mass is 16.5. The highest BCUT2D eigenvalue weighted by Crippen LogP contribution is 2.29. The Labute approximate surface area is 104 Å². The lowest BCUT2D eigenvalue weighted by Gasteiger charge is -2.38. The monoisotopic (exact) mass is 242 g/mol. The zero-order valence-electron chi connectivity index (χ0n) is 10.9. The number of nitrogens with two attached hydrogens (primary N) is 1. The summed E-state index contributed by atoms with van der Waals surface area (Å²) in [5.41, 5.74) is 5.71. The lowest BCUT2D eigenvalue weighted by atomic mass is 10.1. The molecule has 2 N–H and O–H groups in total. The van der Waals surface area contributed by atoms with E-state index in [0.717, 1.165) is 32.7 Å². The predicted octanol–water partition coefficient (Wildman–Crippen LogP) is 0.994. The van der Waals surface area contributed by atoms with Crippen LogP contribution in [0.15, 0.2) is 0 Å². The molecule has 0 bridgehead atoms. The number of ether oxygens (including phenoxy) is 2. The number of nitrogens with zero attached hydrogens (tertiary/aromatic N) is 1. The number of rotatable bonds is 6. The highest BCUT2D eigenvalue weighted by molar-refractivity contribution is 4.89. The number of hydrogen-bond acceptors (Lipinski definition) is 4. The van der Waals surface area contributed by atoms with Crippen molar-refractivity contribution in [3.05, 3.63) is 0 Å². The molecule has 3 unspecified atom stereocenters. The Kier molecular flexibility index (Phi) is 5.22. The highest BCUT2D eigenvalue weighted by Gasteiger charge is 2.35. The SMILES string of the molecule is CCOC(CN)CCN1CCOC2CCCC21. The Morgan fingerprint density at radius 1 is 1.47 bits per heavy atom. The summed E-state index contributed by atoms with van der Waals surface area (Å²) in [4.78, 5) is 2.59. The molecule has 0 radical (unpaired) electrons. The molecule has 100 valence electrons. The van der Waals surface area contributed by atoms with Crippen LogP contribution in [0.2, 0.25) is 0 Å². The van der Waals surface area contributed by atoms with Crippen LogP contribution in [-0.2, 0) is 9.47 Å². The zero-order chi connectivity index (χ0) is 12.1. The van der Waals surface area contributed by atoms with Crippen LogP contribution in [0.5, 0.6) is 0 Å². The van der Waals surface area contributed by atoms with E-state index in [9.17, 15) is 0 Å². The third-order valence-electron chi connectivity index (χ3n) is 4.00.